The molecular formula is C17H37BrO4Si2. The average molecular weight is 442 g/mol. The SMILES string of the molecule is CCCC[Si](C)(C)O[Si](C)(C)CCCOCCOC(=O)C(C)(C)Br. The van der Waals surface area contributed by atoms with Crippen molar-refractivity contribution in [3.05, 3.63) is 0 Å². The Labute approximate surface area is 159 Å². The molecule has 0 amide bonds. The van der Waals surface area contributed by atoms with Gasteiger partial charge in [-0.05, 0) is 58.5 Å². The second-order valence-corrected chi connectivity index (χ2v) is 18.9. The Morgan fingerprint density at radius 1 is 0.958 bits per heavy atom. The van der Waals surface area contributed by atoms with Gasteiger partial charge in [0.15, 0.2) is 16.6 Å². The molecule has 0 unspecified atom stereocenters. The molecule has 0 spiro atoms. The molecule has 0 bridgehead atoms. The molecule has 4 nitrogen and oxygen atoms in total. The van der Waals surface area contributed by atoms with E-state index < -0.39 is 21.0 Å². The maximum atomic E-state index is 11.6. The van der Waals surface area contributed by atoms with Crippen molar-refractivity contribution in [1.29, 1.82) is 0 Å². The van der Waals surface area contributed by atoms with Crippen molar-refractivity contribution < 1.29 is 18.4 Å². The maximum absolute atomic E-state index is 11.6. The quantitative estimate of drug-likeness (QED) is 0.168. The summed E-state index contributed by atoms with van der Waals surface area (Å²) in [6.07, 6.45) is 3.53. The Morgan fingerprint density at radius 3 is 2.00 bits per heavy atom. The molecule has 0 aromatic carbocycles. The Balaban J connectivity index is 3.84. The van der Waals surface area contributed by atoms with Gasteiger partial charge in [-0.3, -0.25) is 4.79 Å². The van der Waals surface area contributed by atoms with Gasteiger partial charge >= 0.3 is 5.97 Å². The number of unbranched alkanes of at least 4 members (excludes halogenated alkanes) is 1. The topological polar surface area (TPSA) is 44.8 Å². The van der Waals surface area contributed by atoms with E-state index in [1.54, 1.807) is 13.8 Å². The van der Waals surface area contributed by atoms with Crippen LogP contribution in [0.25, 0.3) is 0 Å². The molecule has 7 heteroatoms. The van der Waals surface area contributed by atoms with Crippen molar-refractivity contribution in [3.8, 4) is 0 Å². The highest BCUT2D eigenvalue weighted by molar-refractivity contribution is 9.10. The van der Waals surface area contributed by atoms with Crippen LogP contribution in [0.2, 0.25) is 38.3 Å². The zero-order valence-electron chi connectivity index (χ0n) is 16.7. The summed E-state index contributed by atoms with van der Waals surface area (Å²) in [6.45, 7) is 16.5. The van der Waals surface area contributed by atoms with Gasteiger partial charge in [-0.25, -0.2) is 0 Å². The number of hydrogen-bond acceptors (Lipinski definition) is 4. The first kappa shape index (κ1) is 24.3. The first-order valence-electron chi connectivity index (χ1n) is 9.04. The third-order valence-corrected chi connectivity index (χ3v) is 11.6. The van der Waals surface area contributed by atoms with Gasteiger partial charge in [0.1, 0.15) is 10.9 Å². The van der Waals surface area contributed by atoms with Crippen LogP contribution < -0.4 is 0 Å². The predicted octanol–water partition coefficient (Wildman–Crippen LogP) is 5.34. The van der Waals surface area contributed by atoms with Crippen molar-refractivity contribution in [3.63, 3.8) is 0 Å². The molecule has 0 saturated heterocycles. The Bertz CT molecular complexity index is 368. The number of ether oxygens (including phenoxy) is 2. The lowest BCUT2D eigenvalue weighted by atomic mass is 10.2. The fourth-order valence-corrected chi connectivity index (χ4v) is 11.6. The molecule has 0 aromatic rings. The molecule has 144 valence electrons. The van der Waals surface area contributed by atoms with Crippen molar-refractivity contribution in [2.75, 3.05) is 19.8 Å². The van der Waals surface area contributed by atoms with E-state index in [0.29, 0.717) is 19.8 Å². The van der Waals surface area contributed by atoms with Gasteiger partial charge in [0.05, 0.1) is 6.61 Å². The van der Waals surface area contributed by atoms with E-state index in [-0.39, 0.29) is 5.97 Å². The first-order valence-corrected chi connectivity index (χ1v) is 16.1. The smallest absolute Gasteiger partial charge is 0.322 e. The van der Waals surface area contributed by atoms with E-state index in [0.717, 1.165) is 12.5 Å². The molecule has 0 aromatic heterocycles. The number of hydrogen-bond donors (Lipinski definition) is 0. The summed E-state index contributed by atoms with van der Waals surface area (Å²) in [5.74, 6) is -0.257. The molecule has 0 heterocycles. The second-order valence-electron chi connectivity index (χ2n) is 8.05. The van der Waals surface area contributed by atoms with Crippen LogP contribution in [-0.4, -0.2) is 46.7 Å². The van der Waals surface area contributed by atoms with Gasteiger partial charge in [-0.15, -0.1) is 0 Å². The van der Waals surface area contributed by atoms with Crippen LogP contribution in [0.4, 0.5) is 0 Å². The van der Waals surface area contributed by atoms with Crippen LogP contribution in [0.15, 0.2) is 0 Å². The van der Waals surface area contributed by atoms with Crippen molar-refractivity contribution in [2.24, 2.45) is 0 Å². The maximum Gasteiger partial charge on any atom is 0.322 e. The highest BCUT2D eigenvalue weighted by Crippen LogP contribution is 2.24. The van der Waals surface area contributed by atoms with Gasteiger partial charge < -0.3 is 13.6 Å². The lowest BCUT2D eigenvalue weighted by Crippen LogP contribution is -2.44. The summed E-state index contributed by atoms with van der Waals surface area (Å²) in [6, 6.07) is 2.37. The third-order valence-electron chi connectivity index (χ3n) is 3.70. The van der Waals surface area contributed by atoms with Gasteiger partial charge in [0, 0.05) is 6.61 Å². The van der Waals surface area contributed by atoms with E-state index in [2.05, 4.69) is 49.0 Å². The summed E-state index contributed by atoms with van der Waals surface area (Å²) in [7, 11) is -3.12. The molecule has 0 rings (SSSR count). The van der Waals surface area contributed by atoms with Crippen LogP contribution >= 0.6 is 15.9 Å². The van der Waals surface area contributed by atoms with Gasteiger partial charge in [-0.1, -0.05) is 35.7 Å². The number of carbonyl (C=O) groups excluding carboxylic acids is 1. The number of alkyl halides is 1. The van der Waals surface area contributed by atoms with Gasteiger partial charge in [-0.2, -0.15) is 0 Å². The molecule has 0 radical (unpaired) electrons. The van der Waals surface area contributed by atoms with Crippen LogP contribution in [0.1, 0.15) is 40.0 Å². The van der Waals surface area contributed by atoms with E-state index in [1.807, 2.05) is 0 Å². The van der Waals surface area contributed by atoms with Crippen molar-refractivity contribution in [1.82, 2.24) is 0 Å². The van der Waals surface area contributed by atoms with E-state index in [4.69, 9.17) is 13.6 Å². The van der Waals surface area contributed by atoms with Crippen molar-refractivity contribution in [2.45, 2.75) is 82.6 Å². The first-order chi connectivity index (χ1) is 10.9. The van der Waals surface area contributed by atoms with Crippen LogP contribution in [0, 0.1) is 0 Å². The third kappa shape index (κ3) is 12.6. The minimum absolute atomic E-state index is 0.257. The fourth-order valence-electron chi connectivity index (χ4n) is 2.52. The standard InChI is InChI=1S/C17H37BrO4Si2/c1-8-9-14-23(4,5)22-24(6,7)15-10-11-20-12-13-21-16(19)17(2,3)18/h8-15H2,1-7H3. The predicted molar refractivity (Wildman–Crippen MR) is 110 cm³/mol. The van der Waals surface area contributed by atoms with Crippen LogP contribution in [0.3, 0.4) is 0 Å². The Kier molecular flexibility index (Phi) is 11.2. The molecule has 0 aliphatic rings. The Morgan fingerprint density at radius 2 is 1.50 bits per heavy atom. The normalized spacial score (nSPS) is 13.2. The van der Waals surface area contributed by atoms with E-state index >= 15 is 0 Å². The summed E-state index contributed by atoms with van der Waals surface area (Å²) in [4.78, 5) is 11.6. The second kappa shape index (κ2) is 11.1. The number of carbonyl (C=O) groups is 1. The molecule has 0 saturated carbocycles. The molecule has 0 atom stereocenters. The highest BCUT2D eigenvalue weighted by Gasteiger charge is 2.32. The van der Waals surface area contributed by atoms with Crippen LogP contribution in [-0.2, 0) is 18.4 Å². The molecular weight excluding hydrogens is 404 g/mol. The minimum atomic E-state index is -1.61. The number of esters is 1. The zero-order chi connectivity index (χ0) is 18.9. The molecule has 0 aliphatic carbocycles. The number of halogens is 1. The van der Waals surface area contributed by atoms with Crippen molar-refractivity contribution >= 4 is 38.5 Å². The largest absolute Gasteiger partial charge is 0.462 e. The monoisotopic (exact) mass is 440 g/mol. The zero-order valence-corrected chi connectivity index (χ0v) is 20.3. The highest BCUT2D eigenvalue weighted by atomic mass is 79.9. The van der Waals surface area contributed by atoms with Gasteiger partial charge in [0.2, 0.25) is 0 Å². The summed E-state index contributed by atoms with van der Waals surface area (Å²) >= 11 is 3.28. The summed E-state index contributed by atoms with van der Waals surface area (Å²) in [5, 5.41) is 0. The number of rotatable bonds is 13. The van der Waals surface area contributed by atoms with E-state index in [1.165, 1.54) is 18.9 Å². The summed E-state index contributed by atoms with van der Waals surface area (Å²) in [5.41, 5.74) is 0. The Hall–Kier alpha value is 0.304. The summed E-state index contributed by atoms with van der Waals surface area (Å²) < 4.78 is 16.6. The lowest BCUT2D eigenvalue weighted by molar-refractivity contribution is -0.146. The fraction of sp³-hybridized carbons (Fsp3) is 0.941. The molecule has 0 aliphatic heterocycles. The minimum Gasteiger partial charge on any atom is -0.462 e. The molecule has 0 fully saturated rings. The molecule has 0 N–H and O–H groups in total. The van der Waals surface area contributed by atoms with Crippen LogP contribution in [0.5, 0.6) is 0 Å². The molecule has 24 heavy (non-hydrogen) atoms. The lowest BCUT2D eigenvalue weighted by Gasteiger charge is -2.34. The van der Waals surface area contributed by atoms with E-state index in [9.17, 15) is 4.79 Å². The average Bonchev–Trinajstić information content (AvgIpc) is 2.41. The van der Waals surface area contributed by atoms with Gasteiger partial charge in [0.25, 0.3) is 0 Å².